The molecule has 0 aliphatic carbocycles. The Bertz CT molecular complexity index is 772. The fourth-order valence-corrected chi connectivity index (χ4v) is 3.29. The lowest BCUT2D eigenvalue weighted by atomic mass is 10.1. The second-order valence-electron chi connectivity index (χ2n) is 6.16. The summed E-state index contributed by atoms with van der Waals surface area (Å²) in [6.07, 6.45) is 1.10. The number of benzene rings is 1. The average molecular weight is 421 g/mol. The molecule has 0 bridgehead atoms. The summed E-state index contributed by atoms with van der Waals surface area (Å²) in [4.78, 5) is 28.7. The summed E-state index contributed by atoms with van der Waals surface area (Å²) < 4.78 is 11.0. The van der Waals surface area contributed by atoms with Crippen LogP contribution in [0.4, 0.5) is 0 Å². The first-order valence-electron chi connectivity index (χ1n) is 8.52. The van der Waals surface area contributed by atoms with E-state index in [2.05, 4.69) is 15.9 Å². The molecule has 26 heavy (non-hydrogen) atoms. The van der Waals surface area contributed by atoms with Gasteiger partial charge in [0, 0.05) is 26.2 Å². The van der Waals surface area contributed by atoms with Gasteiger partial charge in [0.2, 0.25) is 5.91 Å². The molecule has 138 valence electrons. The molecule has 0 radical (unpaired) electrons. The molecule has 1 fully saturated rings. The highest BCUT2D eigenvalue weighted by Gasteiger charge is 2.24. The molecule has 3 rings (SSSR count). The molecular weight excluding hydrogens is 400 g/mol. The summed E-state index contributed by atoms with van der Waals surface area (Å²) >= 11 is 3.21. The molecule has 1 saturated heterocycles. The van der Waals surface area contributed by atoms with Crippen molar-refractivity contribution < 1.29 is 18.7 Å². The van der Waals surface area contributed by atoms with E-state index in [1.54, 1.807) is 24.1 Å². The van der Waals surface area contributed by atoms with E-state index in [1.807, 2.05) is 29.2 Å². The fraction of sp³-hybridized carbons (Fsp3) is 0.368. The lowest BCUT2D eigenvalue weighted by Crippen LogP contribution is -2.37. The summed E-state index contributed by atoms with van der Waals surface area (Å²) in [7, 11) is 1.62. The van der Waals surface area contributed by atoms with E-state index >= 15 is 0 Å². The number of hydrogen-bond donors (Lipinski definition) is 0. The van der Waals surface area contributed by atoms with Gasteiger partial charge < -0.3 is 19.0 Å². The Hall–Kier alpha value is -2.28. The number of amides is 2. The molecule has 2 aromatic rings. The first-order valence-corrected chi connectivity index (χ1v) is 9.31. The van der Waals surface area contributed by atoms with Gasteiger partial charge in [-0.3, -0.25) is 9.59 Å². The van der Waals surface area contributed by atoms with E-state index in [1.165, 1.54) is 0 Å². The third kappa shape index (κ3) is 4.46. The second kappa shape index (κ2) is 8.40. The quantitative estimate of drug-likeness (QED) is 0.762. The van der Waals surface area contributed by atoms with Crippen molar-refractivity contribution in [3.8, 4) is 5.75 Å². The van der Waals surface area contributed by atoms with E-state index in [0.717, 1.165) is 17.7 Å². The molecule has 0 saturated carbocycles. The zero-order chi connectivity index (χ0) is 18.5. The molecular formula is C19H21BrN2O4. The van der Waals surface area contributed by atoms with Gasteiger partial charge in [0.05, 0.1) is 13.5 Å². The van der Waals surface area contributed by atoms with Crippen LogP contribution >= 0.6 is 15.9 Å². The van der Waals surface area contributed by atoms with Gasteiger partial charge in [0.25, 0.3) is 5.91 Å². The van der Waals surface area contributed by atoms with Gasteiger partial charge in [-0.15, -0.1) is 0 Å². The van der Waals surface area contributed by atoms with Gasteiger partial charge in [0.15, 0.2) is 10.4 Å². The lowest BCUT2D eigenvalue weighted by molar-refractivity contribution is -0.130. The van der Waals surface area contributed by atoms with E-state index in [4.69, 9.17) is 9.15 Å². The number of furan rings is 1. The van der Waals surface area contributed by atoms with Crippen LogP contribution in [-0.4, -0.2) is 54.9 Å². The molecule has 1 aliphatic heterocycles. The number of rotatable bonds is 4. The molecule has 2 heterocycles. The monoisotopic (exact) mass is 420 g/mol. The third-order valence-electron chi connectivity index (χ3n) is 4.43. The Morgan fingerprint density at radius 2 is 1.73 bits per heavy atom. The normalized spacial score (nSPS) is 14.8. The van der Waals surface area contributed by atoms with E-state index in [9.17, 15) is 9.59 Å². The predicted molar refractivity (Wildman–Crippen MR) is 100 cm³/mol. The standard InChI is InChI=1S/C19H21BrN2O4/c1-25-15-5-3-14(4-6-15)13-18(23)21-9-2-10-22(12-11-21)19(24)16-7-8-17(20)26-16/h3-8H,2,9-13H2,1H3. The number of halogens is 1. The fourth-order valence-electron chi connectivity index (χ4n) is 2.98. The van der Waals surface area contributed by atoms with Crippen molar-refractivity contribution in [1.29, 1.82) is 0 Å². The van der Waals surface area contributed by atoms with Crippen LogP contribution < -0.4 is 4.74 Å². The zero-order valence-corrected chi connectivity index (χ0v) is 16.2. The number of carbonyl (C=O) groups excluding carboxylic acids is 2. The van der Waals surface area contributed by atoms with E-state index < -0.39 is 0 Å². The van der Waals surface area contributed by atoms with Gasteiger partial charge in [0.1, 0.15) is 5.75 Å². The summed E-state index contributed by atoms with van der Waals surface area (Å²) in [5, 5.41) is 0. The van der Waals surface area contributed by atoms with E-state index in [0.29, 0.717) is 43.0 Å². The van der Waals surface area contributed by atoms with Crippen LogP contribution in [0, 0.1) is 0 Å². The third-order valence-corrected chi connectivity index (χ3v) is 4.86. The maximum absolute atomic E-state index is 12.6. The van der Waals surface area contributed by atoms with Crippen LogP contribution in [-0.2, 0) is 11.2 Å². The number of hydrogen-bond acceptors (Lipinski definition) is 4. The van der Waals surface area contributed by atoms with Crippen LogP contribution in [0.5, 0.6) is 5.75 Å². The summed E-state index contributed by atoms with van der Waals surface area (Å²) in [5.41, 5.74) is 0.952. The summed E-state index contributed by atoms with van der Waals surface area (Å²) in [5.74, 6) is 1.02. The van der Waals surface area contributed by atoms with Gasteiger partial charge in [-0.05, 0) is 52.2 Å². The molecule has 1 aromatic heterocycles. The largest absolute Gasteiger partial charge is 0.497 e. The molecule has 1 aliphatic rings. The number of methoxy groups -OCH3 is 1. The van der Waals surface area contributed by atoms with Crippen LogP contribution in [0.25, 0.3) is 0 Å². The number of ether oxygens (including phenoxy) is 1. The van der Waals surface area contributed by atoms with Crippen molar-refractivity contribution in [2.75, 3.05) is 33.3 Å². The van der Waals surface area contributed by atoms with Crippen LogP contribution in [0.1, 0.15) is 22.5 Å². The van der Waals surface area contributed by atoms with Crippen molar-refractivity contribution in [3.05, 3.63) is 52.4 Å². The van der Waals surface area contributed by atoms with E-state index in [-0.39, 0.29) is 11.8 Å². The van der Waals surface area contributed by atoms with Crippen molar-refractivity contribution in [2.24, 2.45) is 0 Å². The van der Waals surface area contributed by atoms with Gasteiger partial charge in [-0.1, -0.05) is 12.1 Å². The molecule has 6 nitrogen and oxygen atoms in total. The van der Waals surface area contributed by atoms with Crippen molar-refractivity contribution in [1.82, 2.24) is 9.80 Å². The number of nitrogens with zero attached hydrogens (tertiary/aromatic N) is 2. The van der Waals surface area contributed by atoms with Crippen LogP contribution in [0.2, 0.25) is 0 Å². The van der Waals surface area contributed by atoms with Gasteiger partial charge in [-0.25, -0.2) is 0 Å². The Balaban J connectivity index is 1.57. The van der Waals surface area contributed by atoms with Gasteiger partial charge in [-0.2, -0.15) is 0 Å². The minimum atomic E-state index is -0.139. The predicted octanol–water partition coefficient (Wildman–Crippen LogP) is 2.97. The van der Waals surface area contributed by atoms with Crippen molar-refractivity contribution in [2.45, 2.75) is 12.8 Å². The molecule has 0 N–H and O–H groups in total. The Kier molecular flexibility index (Phi) is 5.98. The maximum Gasteiger partial charge on any atom is 0.289 e. The summed E-state index contributed by atoms with van der Waals surface area (Å²) in [6.45, 7) is 2.30. The highest BCUT2D eigenvalue weighted by atomic mass is 79.9. The van der Waals surface area contributed by atoms with Crippen LogP contribution in [0.3, 0.4) is 0 Å². The Labute approximate surface area is 160 Å². The topological polar surface area (TPSA) is 63.0 Å². The molecule has 1 aromatic carbocycles. The second-order valence-corrected chi connectivity index (χ2v) is 6.94. The molecule has 2 amide bonds. The van der Waals surface area contributed by atoms with Gasteiger partial charge >= 0.3 is 0 Å². The Morgan fingerprint density at radius 3 is 2.38 bits per heavy atom. The Morgan fingerprint density at radius 1 is 1.04 bits per heavy atom. The molecule has 0 spiro atoms. The van der Waals surface area contributed by atoms with Crippen LogP contribution in [0.15, 0.2) is 45.5 Å². The molecule has 0 atom stereocenters. The first-order chi connectivity index (χ1) is 12.6. The van der Waals surface area contributed by atoms with Crippen molar-refractivity contribution in [3.63, 3.8) is 0 Å². The minimum absolute atomic E-state index is 0.0743. The molecule has 0 unspecified atom stereocenters. The molecule has 7 heteroatoms. The highest BCUT2D eigenvalue weighted by molar-refractivity contribution is 9.10. The first kappa shape index (κ1) is 18.5. The lowest BCUT2D eigenvalue weighted by Gasteiger charge is -2.21. The zero-order valence-electron chi connectivity index (χ0n) is 14.6. The smallest absolute Gasteiger partial charge is 0.289 e. The number of carbonyl (C=O) groups is 2. The summed E-state index contributed by atoms with van der Waals surface area (Å²) in [6, 6.07) is 10.9. The SMILES string of the molecule is COc1ccc(CC(=O)N2CCCN(C(=O)c3ccc(Br)o3)CC2)cc1. The maximum atomic E-state index is 12.6. The highest BCUT2D eigenvalue weighted by Crippen LogP contribution is 2.17. The minimum Gasteiger partial charge on any atom is -0.497 e. The average Bonchev–Trinajstić information content (AvgIpc) is 2.93. The van der Waals surface area contributed by atoms with Crippen molar-refractivity contribution >= 4 is 27.7 Å².